The first-order valence-corrected chi connectivity index (χ1v) is 5.62. The summed E-state index contributed by atoms with van der Waals surface area (Å²) < 4.78 is 0. The van der Waals surface area contributed by atoms with Crippen molar-refractivity contribution in [2.75, 3.05) is 0 Å². The van der Waals surface area contributed by atoms with Gasteiger partial charge in [0.05, 0.1) is 0 Å². The van der Waals surface area contributed by atoms with Crippen LogP contribution < -0.4 is 0 Å². The van der Waals surface area contributed by atoms with Crippen molar-refractivity contribution in [1.82, 2.24) is 0 Å². The molecular formula is C16H16. The van der Waals surface area contributed by atoms with E-state index in [1.165, 1.54) is 16.7 Å². The Balaban J connectivity index is 1.98. The molecule has 0 spiro atoms. The largest absolute Gasteiger partial charge is 0.0795 e. The molecule has 0 saturated heterocycles. The molecule has 0 aliphatic rings. The van der Waals surface area contributed by atoms with E-state index in [0.717, 1.165) is 6.42 Å². The van der Waals surface area contributed by atoms with Crippen molar-refractivity contribution in [2.45, 2.75) is 13.3 Å². The van der Waals surface area contributed by atoms with Crippen molar-refractivity contribution >= 4 is 6.08 Å². The topological polar surface area (TPSA) is 0 Å². The predicted molar refractivity (Wildman–Crippen MR) is 70.4 cm³/mol. The van der Waals surface area contributed by atoms with Gasteiger partial charge in [0.1, 0.15) is 0 Å². The van der Waals surface area contributed by atoms with Gasteiger partial charge < -0.3 is 0 Å². The minimum atomic E-state index is 0.995. The Kier molecular flexibility index (Phi) is 3.55. The van der Waals surface area contributed by atoms with E-state index >= 15 is 0 Å². The van der Waals surface area contributed by atoms with Crippen molar-refractivity contribution in [3.8, 4) is 0 Å². The highest BCUT2D eigenvalue weighted by molar-refractivity contribution is 5.50. The molecule has 0 atom stereocenters. The SMILES string of the molecule is Cc1ccc(/C=C\Cc2ccccc2)cc1. The van der Waals surface area contributed by atoms with Gasteiger partial charge in [-0.1, -0.05) is 72.3 Å². The number of hydrogen-bond acceptors (Lipinski definition) is 0. The lowest BCUT2D eigenvalue weighted by molar-refractivity contribution is 1.28. The molecule has 2 aromatic carbocycles. The Bertz CT molecular complexity index is 449. The van der Waals surface area contributed by atoms with Crippen LogP contribution in [0.2, 0.25) is 0 Å². The zero-order valence-electron chi connectivity index (χ0n) is 9.56. The van der Waals surface area contributed by atoms with Crippen LogP contribution in [0.1, 0.15) is 16.7 Å². The number of hydrogen-bond donors (Lipinski definition) is 0. The van der Waals surface area contributed by atoms with Gasteiger partial charge in [-0.3, -0.25) is 0 Å². The van der Waals surface area contributed by atoms with Crippen LogP contribution in [0, 0.1) is 6.92 Å². The summed E-state index contributed by atoms with van der Waals surface area (Å²) in [5, 5.41) is 0. The molecule has 0 heteroatoms. The lowest BCUT2D eigenvalue weighted by Crippen LogP contribution is -1.79. The molecule has 0 bridgehead atoms. The summed E-state index contributed by atoms with van der Waals surface area (Å²) in [5.41, 5.74) is 3.92. The van der Waals surface area contributed by atoms with E-state index < -0.39 is 0 Å². The smallest absolute Gasteiger partial charge is 0.00941 e. The predicted octanol–water partition coefficient (Wildman–Crippen LogP) is 4.25. The molecule has 2 rings (SSSR count). The van der Waals surface area contributed by atoms with Crippen LogP contribution >= 0.6 is 0 Å². The molecule has 0 aliphatic heterocycles. The van der Waals surface area contributed by atoms with Crippen LogP contribution in [0.4, 0.5) is 0 Å². The summed E-state index contributed by atoms with van der Waals surface area (Å²) in [7, 11) is 0. The highest BCUT2D eigenvalue weighted by Crippen LogP contribution is 2.07. The first-order chi connectivity index (χ1) is 7.84. The van der Waals surface area contributed by atoms with Gasteiger partial charge in [0.15, 0.2) is 0 Å². The minimum absolute atomic E-state index is 0.995. The van der Waals surface area contributed by atoms with Crippen LogP contribution in [-0.4, -0.2) is 0 Å². The molecule has 0 nitrogen and oxygen atoms in total. The van der Waals surface area contributed by atoms with Gasteiger partial charge in [0, 0.05) is 0 Å². The van der Waals surface area contributed by atoms with Gasteiger partial charge in [-0.05, 0) is 24.5 Å². The third kappa shape index (κ3) is 3.09. The van der Waals surface area contributed by atoms with Crippen LogP contribution in [0.25, 0.3) is 6.08 Å². The first kappa shape index (κ1) is 10.7. The van der Waals surface area contributed by atoms with Crippen LogP contribution in [0.5, 0.6) is 0 Å². The Morgan fingerprint density at radius 2 is 1.56 bits per heavy atom. The second-order valence-electron chi connectivity index (χ2n) is 4.00. The lowest BCUT2D eigenvalue weighted by atomic mass is 10.1. The Hall–Kier alpha value is -1.82. The molecule has 0 amide bonds. The maximum absolute atomic E-state index is 2.21. The third-order valence-corrected chi connectivity index (χ3v) is 2.58. The normalized spacial score (nSPS) is 10.8. The summed E-state index contributed by atoms with van der Waals surface area (Å²) in [5.74, 6) is 0. The van der Waals surface area contributed by atoms with Crippen molar-refractivity contribution in [1.29, 1.82) is 0 Å². The number of aryl methyl sites for hydroxylation is 1. The van der Waals surface area contributed by atoms with E-state index in [9.17, 15) is 0 Å². The fourth-order valence-electron chi connectivity index (χ4n) is 1.62. The van der Waals surface area contributed by atoms with E-state index in [0.29, 0.717) is 0 Å². The highest BCUT2D eigenvalue weighted by Gasteiger charge is 1.88. The molecular weight excluding hydrogens is 192 g/mol. The molecule has 0 N–H and O–H groups in total. The Morgan fingerprint density at radius 1 is 0.875 bits per heavy atom. The Labute approximate surface area is 97.3 Å². The van der Waals surface area contributed by atoms with Gasteiger partial charge in [-0.2, -0.15) is 0 Å². The van der Waals surface area contributed by atoms with E-state index in [4.69, 9.17) is 0 Å². The van der Waals surface area contributed by atoms with Crippen LogP contribution in [0.15, 0.2) is 60.7 Å². The van der Waals surface area contributed by atoms with Crippen LogP contribution in [0.3, 0.4) is 0 Å². The molecule has 0 heterocycles. The summed E-state index contributed by atoms with van der Waals surface area (Å²) in [4.78, 5) is 0. The van der Waals surface area contributed by atoms with Crippen molar-refractivity contribution in [3.63, 3.8) is 0 Å². The minimum Gasteiger partial charge on any atom is -0.0795 e. The summed E-state index contributed by atoms with van der Waals surface area (Å²) in [6.07, 6.45) is 5.38. The molecule has 16 heavy (non-hydrogen) atoms. The number of rotatable bonds is 3. The zero-order chi connectivity index (χ0) is 11.2. The lowest BCUT2D eigenvalue weighted by Gasteiger charge is -1.96. The van der Waals surface area contributed by atoms with Crippen molar-refractivity contribution < 1.29 is 0 Å². The van der Waals surface area contributed by atoms with E-state index in [-0.39, 0.29) is 0 Å². The first-order valence-electron chi connectivity index (χ1n) is 5.62. The second kappa shape index (κ2) is 5.32. The van der Waals surface area contributed by atoms with E-state index in [1.54, 1.807) is 0 Å². The molecule has 0 radical (unpaired) electrons. The molecule has 0 aromatic heterocycles. The van der Waals surface area contributed by atoms with Crippen molar-refractivity contribution in [3.05, 3.63) is 77.4 Å². The average molecular weight is 208 g/mol. The van der Waals surface area contributed by atoms with Gasteiger partial charge in [0.25, 0.3) is 0 Å². The number of benzene rings is 2. The summed E-state index contributed by atoms with van der Waals surface area (Å²) in [6.45, 7) is 2.11. The Morgan fingerprint density at radius 3 is 2.25 bits per heavy atom. The van der Waals surface area contributed by atoms with Gasteiger partial charge in [-0.25, -0.2) is 0 Å². The van der Waals surface area contributed by atoms with Gasteiger partial charge in [0.2, 0.25) is 0 Å². The fraction of sp³-hybridized carbons (Fsp3) is 0.125. The number of allylic oxidation sites excluding steroid dienone is 1. The standard InChI is InChI=1S/C16H16/c1-14-10-12-16(13-11-14)9-5-8-15-6-3-2-4-7-15/h2-7,9-13H,8H2,1H3/b9-5-. The fourth-order valence-corrected chi connectivity index (χ4v) is 1.62. The third-order valence-electron chi connectivity index (χ3n) is 2.58. The molecule has 0 unspecified atom stereocenters. The maximum Gasteiger partial charge on any atom is -0.00941 e. The van der Waals surface area contributed by atoms with E-state index in [1.807, 2.05) is 6.07 Å². The van der Waals surface area contributed by atoms with Gasteiger partial charge >= 0.3 is 0 Å². The summed E-state index contributed by atoms with van der Waals surface area (Å²) in [6, 6.07) is 19.1. The molecule has 80 valence electrons. The monoisotopic (exact) mass is 208 g/mol. The highest BCUT2D eigenvalue weighted by atomic mass is 13.9. The molecule has 0 fully saturated rings. The van der Waals surface area contributed by atoms with Crippen molar-refractivity contribution in [2.24, 2.45) is 0 Å². The average Bonchev–Trinajstić information content (AvgIpc) is 2.33. The van der Waals surface area contributed by atoms with Gasteiger partial charge in [-0.15, -0.1) is 0 Å². The molecule has 2 aromatic rings. The molecule has 0 saturated carbocycles. The quantitative estimate of drug-likeness (QED) is 0.707. The zero-order valence-corrected chi connectivity index (χ0v) is 9.56. The second-order valence-corrected chi connectivity index (χ2v) is 4.00. The molecule has 0 aliphatic carbocycles. The maximum atomic E-state index is 2.21. The van der Waals surface area contributed by atoms with E-state index in [2.05, 4.69) is 67.6 Å². The van der Waals surface area contributed by atoms with Crippen LogP contribution in [-0.2, 0) is 6.42 Å². The summed E-state index contributed by atoms with van der Waals surface area (Å²) >= 11 is 0.